The van der Waals surface area contributed by atoms with Crippen LogP contribution in [0.1, 0.15) is 126 Å². The first-order chi connectivity index (χ1) is 34.7. The number of allylic oxidation sites excluding steroid dienone is 6. The van der Waals surface area contributed by atoms with E-state index < -0.39 is 83.9 Å². The molecule has 17 heteroatoms. The number of fused-ring (bicyclic) bond motifs is 3. The fourth-order valence-corrected chi connectivity index (χ4v) is 10.7. The lowest BCUT2D eigenvalue weighted by atomic mass is 9.78. The molecule has 0 aromatic heterocycles. The minimum absolute atomic E-state index is 0.0192. The maximum absolute atomic E-state index is 14.5. The van der Waals surface area contributed by atoms with Gasteiger partial charge in [0.15, 0.2) is 5.78 Å². The van der Waals surface area contributed by atoms with Crippen LogP contribution in [0.5, 0.6) is 0 Å². The van der Waals surface area contributed by atoms with Crippen LogP contribution in [-0.2, 0) is 57.1 Å². The summed E-state index contributed by atoms with van der Waals surface area (Å²) in [6, 6.07) is -1.17. The number of methoxy groups -OCH3 is 2. The number of amides is 1. The van der Waals surface area contributed by atoms with Crippen molar-refractivity contribution in [2.24, 2.45) is 35.5 Å². The van der Waals surface area contributed by atoms with E-state index in [9.17, 15) is 39.3 Å². The summed E-state index contributed by atoms with van der Waals surface area (Å²) >= 11 is 0. The number of ketones is 3. The van der Waals surface area contributed by atoms with Crippen molar-refractivity contribution in [2.75, 3.05) is 60.4 Å². The lowest BCUT2D eigenvalue weighted by Gasteiger charge is -2.43. The van der Waals surface area contributed by atoms with Gasteiger partial charge in [-0.05, 0) is 107 Å². The summed E-state index contributed by atoms with van der Waals surface area (Å²) in [5.41, 5.74) is 1.20. The molecule has 0 radical (unpaired) electrons. The minimum atomic E-state index is -2.49. The largest absolute Gasteiger partial charge is 0.460 e. The number of rotatable bonds is 14. The standard InChI is InChI=1S/C56H89NO16/c1-35-15-11-10-12-16-36(2)47(71-28-27-70-26-25-69-24-23-58)33-43-20-18-41(7)56(66,73-43)53(63)54(64)57-22-14-13-17-44(57)55(65)72-48(38(4)31-42-19-21-45(59)49(32-42)67-8)34-46(60)37(3)30-40(6)51(62)52(68-9)50(61)39(5)29-35/h10-12,15-16,30,35,37-39,41-45,47-49,51-52,58-59,62,66H,13-14,17-29,31-34H2,1-9H3/b12-10+,15-11+,36-16+,40-30+/t35-,37-,38-,39-,41-,42+,43+,44+,45-,47+,48+,49-,51-,52+,56-/m1/s1. The molecule has 15 atom stereocenters. The molecular formula is C56H89NO16. The zero-order valence-electron chi connectivity index (χ0n) is 45.1. The van der Waals surface area contributed by atoms with E-state index in [4.69, 9.17) is 38.3 Å². The maximum Gasteiger partial charge on any atom is 0.329 e. The Morgan fingerprint density at radius 1 is 0.822 bits per heavy atom. The number of hydrogen-bond acceptors (Lipinski definition) is 16. The predicted molar refractivity (Wildman–Crippen MR) is 273 cm³/mol. The molecule has 4 N–H and O–H groups in total. The van der Waals surface area contributed by atoms with Crippen molar-refractivity contribution < 1.29 is 77.6 Å². The van der Waals surface area contributed by atoms with Gasteiger partial charge in [0.05, 0.1) is 64.1 Å². The second-order valence-electron chi connectivity index (χ2n) is 21.2. The van der Waals surface area contributed by atoms with E-state index in [0.717, 1.165) is 5.57 Å². The summed E-state index contributed by atoms with van der Waals surface area (Å²) < 4.78 is 41.0. The number of nitrogens with zero attached hydrogens (tertiary/aromatic N) is 1. The number of Topliss-reactive ketones (excluding diaryl/α,β-unsaturated/α-hetero) is 3. The highest BCUT2D eigenvalue weighted by atomic mass is 16.6. The second kappa shape index (κ2) is 30.9. The number of cyclic esters (lactones) is 1. The highest BCUT2D eigenvalue weighted by Gasteiger charge is 2.53. The maximum atomic E-state index is 14.5. The van der Waals surface area contributed by atoms with Crippen molar-refractivity contribution in [3.8, 4) is 0 Å². The van der Waals surface area contributed by atoms with Crippen molar-refractivity contribution in [1.29, 1.82) is 0 Å². The fraction of sp³-hybridized carbons (Fsp3) is 0.768. The first kappa shape index (κ1) is 62.1. The Morgan fingerprint density at radius 3 is 2.23 bits per heavy atom. The number of piperidine rings is 1. The van der Waals surface area contributed by atoms with Crippen molar-refractivity contribution in [2.45, 2.75) is 180 Å². The van der Waals surface area contributed by atoms with Gasteiger partial charge in [-0.25, -0.2) is 4.79 Å². The Morgan fingerprint density at radius 2 is 1.53 bits per heavy atom. The smallest absolute Gasteiger partial charge is 0.329 e. The number of carbonyl (C=O) groups is 5. The van der Waals surface area contributed by atoms with Gasteiger partial charge in [-0.2, -0.15) is 0 Å². The Labute approximate surface area is 434 Å². The first-order valence-electron chi connectivity index (χ1n) is 26.8. The van der Waals surface area contributed by atoms with Gasteiger partial charge >= 0.3 is 5.97 Å². The van der Waals surface area contributed by atoms with E-state index in [2.05, 4.69) is 0 Å². The van der Waals surface area contributed by atoms with Crippen molar-refractivity contribution in [1.82, 2.24) is 4.90 Å². The van der Waals surface area contributed by atoms with Crippen molar-refractivity contribution in [3.63, 3.8) is 0 Å². The van der Waals surface area contributed by atoms with Crippen molar-refractivity contribution in [3.05, 3.63) is 47.6 Å². The molecule has 0 aromatic rings. The molecule has 3 heterocycles. The summed E-state index contributed by atoms with van der Waals surface area (Å²) in [4.78, 5) is 72.5. The van der Waals surface area contributed by atoms with Crippen LogP contribution in [0, 0.1) is 35.5 Å². The molecule has 1 amide bonds. The van der Waals surface area contributed by atoms with E-state index in [0.29, 0.717) is 76.6 Å². The molecule has 0 unspecified atom stereocenters. The molecule has 3 aliphatic heterocycles. The second-order valence-corrected chi connectivity index (χ2v) is 21.2. The van der Waals surface area contributed by atoms with E-state index in [1.54, 1.807) is 40.9 Å². The van der Waals surface area contributed by atoms with Gasteiger partial charge in [-0.1, -0.05) is 71.1 Å². The van der Waals surface area contributed by atoms with E-state index in [1.807, 2.05) is 51.2 Å². The number of esters is 1. The van der Waals surface area contributed by atoms with Crippen LogP contribution in [-0.4, -0.2) is 170 Å². The Hall–Kier alpha value is -3.49. The number of ether oxygens (including phenoxy) is 7. The summed E-state index contributed by atoms with van der Waals surface area (Å²) in [5.74, 6) is -8.31. The first-order valence-corrected chi connectivity index (χ1v) is 26.8. The molecule has 0 aromatic carbocycles. The monoisotopic (exact) mass is 1030 g/mol. The molecule has 3 fully saturated rings. The number of hydrogen-bond donors (Lipinski definition) is 4. The fourth-order valence-electron chi connectivity index (χ4n) is 10.7. The number of carbonyl (C=O) groups excluding carboxylic acids is 5. The molecule has 1 saturated carbocycles. The molecule has 73 heavy (non-hydrogen) atoms. The lowest BCUT2D eigenvalue weighted by molar-refractivity contribution is -0.266. The number of aliphatic hydroxyl groups is 4. The quantitative estimate of drug-likeness (QED) is 0.0720. The lowest BCUT2D eigenvalue weighted by Crippen LogP contribution is -2.61. The SMILES string of the molecule is CO[C@@H]1C[C@H](C[C@@H](C)[C@@H]2CC(=O)[C@H](C)/C=C(\C)[C@@H](O)[C@@H](OC)C(=O)[C@H](C)C[C@H](C)/C=C/C=C/C=C(\C)[C@@H](OCCOCCOCCO)C[C@@H]3CC[C@@H](C)[C@@](O)(O3)C(=O)C(=O)N3CCCC[C@H]3C(=O)O2)CC[C@H]1O. The Balaban J connectivity index is 1.69. The van der Waals surface area contributed by atoms with Crippen LogP contribution < -0.4 is 0 Å². The van der Waals surface area contributed by atoms with Crippen LogP contribution in [0.2, 0.25) is 0 Å². The van der Waals surface area contributed by atoms with Crippen LogP contribution in [0.3, 0.4) is 0 Å². The molecular weight excluding hydrogens is 943 g/mol. The third kappa shape index (κ3) is 18.4. The van der Waals surface area contributed by atoms with Gasteiger partial charge in [0.25, 0.3) is 11.7 Å². The summed E-state index contributed by atoms with van der Waals surface area (Å²) in [6.45, 7) is 13.8. The third-order valence-corrected chi connectivity index (χ3v) is 15.3. The summed E-state index contributed by atoms with van der Waals surface area (Å²) in [5, 5.41) is 43.1. The zero-order chi connectivity index (χ0) is 53.8. The summed E-state index contributed by atoms with van der Waals surface area (Å²) in [7, 11) is 2.93. The Kier molecular flexibility index (Phi) is 26.3. The van der Waals surface area contributed by atoms with E-state index in [-0.39, 0.29) is 87.7 Å². The van der Waals surface area contributed by atoms with Gasteiger partial charge in [-0.15, -0.1) is 0 Å². The minimum Gasteiger partial charge on any atom is -0.460 e. The highest BCUT2D eigenvalue weighted by molar-refractivity contribution is 6.39. The average Bonchev–Trinajstić information content (AvgIpc) is 3.37. The molecule has 2 saturated heterocycles. The van der Waals surface area contributed by atoms with Crippen molar-refractivity contribution >= 4 is 29.2 Å². The van der Waals surface area contributed by atoms with Crippen LogP contribution in [0.4, 0.5) is 0 Å². The number of aliphatic hydroxyl groups excluding tert-OH is 3. The normalized spacial score (nSPS) is 37.3. The average molecular weight is 1030 g/mol. The third-order valence-electron chi connectivity index (χ3n) is 15.3. The van der Waals surface area contributed by atoms with Crippen LogP contribution >= 0.6 is 0 Å². The molecule has 0 spiro atoms. The molecule has 4 rings (SSSR count). The van der Waals surface area contributed by atoms with Gasteiger partial charge in [0.1, 0.15) is 30.1 Å². The predicted octanol–water partition coefficient (Wildman–Crippen LogP) is 5.58. The van der Waals surface area contributed by atoms with Crippen LogP contribution in [0.25, 0.3) is 0 Å². The van der Waals surface area contributed by atoms with E-state index >= 15 is 0 Å². The summed E-state index contributed by atoms with van der Waals surface area (Å²) in [6.07, 6.45) is 10.4. The van der Waals surface area contributed by atoms with Gasteiger partial charge in [-0.3, -0.25) is 19.2 Å². The van der Waals surface area contributed by atoms with E-state index in [1.165, 1.54) is 12.0 Å². The molecule has 414 valence electrons. The molecule has 4 aliphatic rings. The zero-order valence-corrected chi connectivity index (χ0v) is 45.1. The molecule has 17 nitrogen and oxygen atoms in total. The highest BCUT2D eigenvalue weighted by Crippen LogP contribution is 2.38. The van der Waals surface area contributed by atoms with Gasteiger partial charge in [0, 0.05) is 51.4 Å². The topological polar surface area (TPSA) is 234 Å². The van der Waals surface area contributed by atoms with Gasteiger partial charge in [0.2, 0.25) is 5.79 Å². The molecule has 1 aliphatic carbocycles. The Bertz CT molecular complexity index is 1900. The molecule has 2 bridgehead atoms. The van der Waals surface area contributed by atoms with Crippen LogP contribution in [0.15, 0.2) is 47.6 Å². The van der Waals surface area contributed by atoms with Gasteiger partial charge < -0.3 is 58.5 Å².